The van der Waals surface area contributed by atoms with Gasteiger partial charge >= 0.3 is 18.2 Å². The monoisotopic (exact) mass is 450 g/mol. The number of benzene rings is 2. The van der Waals surface area contributed by atoms with Crippen LogP contribution in [0.3, 0.4) is 0 Å². The highest BCUT2D eigenvalue weighted by Gasteiger charge is 2.30. The molecule has 0 saturated carbocycles. The minimum absolute atomic E-state index is 0.153. The maximum atomic E-state index is 12.8. The summed E-state index contributed by atoms with van der Waals surface area (Å²) < 4.78 is 43.4. The van der Waals surface area contributed by atoms with Gasteiger partial charge in [-0.25, -0.2) is 9.59 Å². The van der Waals surface area contributed by atoms with E-state index in [4.69, 9.17) is 4.74 Å². The Morgan fingerprint density at radius 3 is 2.48 bits per heavy atom. The van der Waals surface area contributed by atoms with Crippen molar-refractivity contribution in [3.8, 4) is 0 Å². The van der Waals surface area contributed by atoms with Gasteiger partial charge in [-0.3, -0.25) is 5.32 Å². The van der Waals surface area contributed by atoms with Gasteiger partial charge in [0.2, 0.25) is 5.13 Å². The van der Waals surface area contributed by atoms with Gasteiger partial charge in [-0.1, -0.05) is 29.5 Å². The largest absolute Gasteiger partial charge is 0.462 e. The first-order valence-electron chi connectivity index (χ1n) is 9.08. The molecule has 11 heteroatoms. The lowest BCUT2D eigenvalue weighted by Gasteiger charge is -2.07. The Balaban J connectivity index is 1.57. The number of hydrogen-bond donors (Lipinski definition) is 2. The maximum absolute atomic E-state index is 12.8. The SMILES string of the molecule is CCOC(=O)c1ccc(NC(=O)Nc2nnc(Cc3cccc(C(F)(F)F)c3)s2)cc1. The van der Waals surface area contributed by atoms with Crippen LogP contribution in [-0.4, -0.2) is 28.8 Å². The van der Waals surface area contributed by atoms with Gasteiger partial charge in [-0.2, -0.15) is 13.2 Å². The van der Waals surface area contributed by atoms with E-state index in [1.807, 2.05) is 0 Å². The van der Waals surface area contributed by atoms with E-state index in [1.54, 1.807) is 25.1 Å². The molecule has 1 heterocycles. The standard InChI is InChI=1S/C20H17F3N4O3S/c1-2-30-17(28)13-6-8-15(9-7-13)24-18(29)25-19-27-26-16(31-19)11-12-4-3-5-14(10-12)20(21,22)23/h3-10H,2,11H2,1H3,(H2,24,25,27,29). The topological polar surface area (TPSA) is 93.2 Å². The molecule has 2 aromatic carbocycles. The highest BCUT2D eigenvalue weighted by Crippen LogP contribution is 2.30. The van der Waals surface area contributed by atoms with E-state index in [2.05, 4.69) is 20.8 Å². The average Bonchev–Trinajstić information content (AvgIpc) is 3.14. The summed E-state index contributed by atoms with van der Waals surface area (Å²) in [5.41, 5.74) is 0.500. The van der Waals surface area contributed by atoms with Crippen molar-refractivity contribution in [2.45, 2.75) is 19.5 Å². The number of carbonyl (C=O) groups excluding carboxylic acids is 2. The quantitative estimate of drug-likeness (QED) is 0.518. The van der Waals surface area contributed by atoms with Crippen LogP contribution >= 0.6 is 11.3 Å². The molecule has 2 N–H and O–H groups in total. The summed E-state index contributed by atoms with van der Waals surface area (Å²) >= 11 is 1.06. The van der Waals surface area contributed by atoms with Crippen LogP contribution in [0.1, 0.15) is 33.4 Å². The Bertz CT molecular complexity index is 1070. The number of rotatable bonds is 6. The van der Waals surface area contributed by atoms with Gasteiger partial charge < -0.3 is 10.1 Å². The van der Waals surface area contributed by atoms with Gasteiger partial charge in [-0.15, -0.1) is 10.2 Å². The molecule has 0 fully saturated rings. The number of carbonyl (C=O) groups is 2. The molecule has 0 aliphatic heterocycles. The Morgan fingerprint density at radius 1 is 1.06 bits per heavy atom. The van der Waals surface area contributed by atoms with Crippen molar-refractivity contribution in [2.75, 3.05) is 17.2 Å². The van der Waals surface area contributed by atoms with Crippen molar-refractivity contribution in [1.29, 1.82) is 0 Å². The van der Waals surface area contributed by atoms with Gasteiger partial charge in [0.1, 0.15) is 5.01 Å². The first kappa shape index (κ1) is 22.2. The van der Waals surface area contributed by atoms with Gasteiger partial charge in [-0.05, 0) is 42.8 Å². The number of nitrogens with one attached hydrogen (secondary N) is 2. The van der Waals surface area contributed by atoms with Crippen LogP contribution in [0.2, 0.25) is 0 Å². The van der Waals surface area contributed by atoms with E-state index >= 15 is 0 Å². The molecule has 0 unspecified atom stereocenters. The Kier molecular flexibility index (Phi) is 6.85. The predicted octanol–water partition coefficient (Wildman–Crippen LogP) is 4.97. The van der Waals surface area contributed by atoms with Crippen LogP contribution < -0.4 is 10.6 Å². The summed E-state index contributed by atoms with van der Waals surface area (Å²) in [6.07, 6.45) is -4.27. The molecule has 0 saturated heterocycles. The molecule has 0 radical (unpaired) electrons. The van der Waals surface area contributed by atoms with Crippen LogP contribution in [0.5, 0.6) is 0 Å². The minimum atomic E-state index is -4.42. The van der Waals surface area contributed by atoms with E-state index in [9.17, 15) is 22.8 Å². The number of hydrogen-bond acceptors (Lipinski definition) is 6. The summed E-state index contributed by atoms with van der Waals surface area (Å²) in [6.45, 7) is 1.97. The van der Waals surface area contributed by atoms with Crippen molar-refractivity contribution in [1.82, 2.24) is 10.2 Å². The Labute approximate surface area is 179 Å². The fourth-order valence-electron chi connectivity index (χ4n) is 2.57. The summed E-state index contributed by atoms with van der Waals surface area (Å²) in [7, 11) is 0. The second-order valence-electron chi connectivity index (χ2n) is 6.25. The van der Waals surface area contributed by atoms with Gasteiger partial charge in [0.05, 0.1) is 17.7 Å². The van der Waals surface area contributed by atoms with Gasteiger partial charge in [0.15, 0.2) is 0 Å². The molecule has 3 rings (SSSR count). The van der Waals surface area contributed by atoms with Crippen LogP contribution in [-0.2, 0) is 17.3 Å². The molecule has 0 bridgehead atoms. The molecular formula is C20H17F3N4O3S. The lowest BCUT2D eigenvalue weighted by Crippen LogP contribution is -2.19. The molecule has 0 atom stereocenters. The molecule has 0 aliphatic rings. The van der Waals surface area contributed by atoms with Crippen molar-refractivity contribution in [3.63, 3.8) is 0 Å². The number of nitrogens with zero attached hydrogens (tertiary/aromatic N) is 2. The smallest absolute Gasteiger partial charge is 0.416 e. The maximum Gasteiger partial charge on any atom is 0.416 e. The van der Waals surface area contributed by atoms with Crippen LogP contribution in [0.25, 0.3) is 0 Å². The molecule has 1 aromatic heterocycles. The zero-order chi connectivity index (χ0) is 22.4. The van der Waals surface area contributed by atoms with E-state index in [0.717, 1.165) is 23.5 Å². The van der Waals surface area contributed by atoms with E-state index in [0.29, 0.717) is 21.8 Å². The lowest BCUT2D eigenvalue weighted by atomic mass is 10.1. The molecule has 0 spiro atoms. The van der Waals surface area contributed by atoms with Crippen molar-refractivity contribution >= 4 is 34.2 Å². The highest BCUT2D eigenvalue weighted by molar-refractivity contribution is 7.15. The fourth-order valence-corrected chi connectivity index (χ4v) is 3.34. The average molecular weight is 450 g/mol. The zero-order valence-corrected chi connectivity index (χ0v) is 17.0. The second kappa shape index (κ2) is 9.56. The fraction of sp³-hybridized carbons (Fsp3) is 0.200. The third-order valence-corrected chi connectivity index (χ3v) is 4.79. The number of anilines is 2. The number of urea groups is 1. The Hall–Kier alpha value is -3.47. The first-order chi connectivity index (χ1) is 14.7. The van der Waals surface area contributed by atoms with Crippen molar-refractivity contribution < 1.29 is 27.5 Å². The molecule has 7 nitrogen and oxygen atoms in total. The highest BCUT2D eigenvalue weighted by atomic mass is 32.1. The summed E-state index contributed by atoms with van der Waals surface area (Å²) in [6, 6.07) is 10.5. The van der Waals surface area contributed by atoms with Crippen LogP contribution in [0, 0.1) is 0 Å². The number of alkyl halides is 3. The number of amides is 2. The van der Waals surface area contributed by atoms with E-state index < -0.39 is 23.7 Å². The summed E-state index contributed by atoms with van der Waals surface area (Å²) in [5, 5.41) is 13.5. The Morgan fingerprint density at radius 2 is 1.81 bits per heavy atom. The molecule has 31 heavy (non-hydrogen) atoms. The first-order valence-corrected chi connectivity index (χ1v) is 9.90. The molecule has 2 amide bonds. The number of esters is 1. The van der Waals surface area contributed by atoms with E-state index in [1.165, 1.54) is 18.2 Å². The lowest BCUT2D eigenvalue weighted by molar-refractivity contribution is -0.137. The van der Waals surface area contributed by atoms with Crippen molar-refractivity contribution in [3.05, 3.63) is 70.2 Å². The van der Waals surface area contributed by atoms with Gasteiger partial charge in [0.25, 0.3) is 0 Å². The van der Waals surface area contributed by atoms with Crippen molar-refractivity contribution in [2.24, 2.45) is 0 Å². The number of ether oxygens (including phenoxy) is 1. The normalized spacial score (nSPS) is 11.1. The van der Waals surface area contributed by atoms with Crippen LogP contribution in [0.4, 0.5) is 28.8 Å². The molecule has 3 aromatic rings. The second-order valence-corrected chi connectivity index (χ2v) is 7.31. The molecule has 162 valence electrons. The zero-order valence-electron chi connectivity index (χ0n) is 16.2. The molecule has 0 aliphatic carbocycles. The van der Waals surface area contributed by atoms with Gasteiger partial charge in [0, 0.05) is 12.1 Å². The summed E-state index contributed by atoms with van der Waals surface area (Å²) in [4.78, 5) is 23.8. The number of halogens is 3. The number of aromatic nitrogens is 2. The van der Waals surface area contributed by atoms with Crippen LogP contribution in [0.15, 0.2) is 48.5 Å². The predicted molar refractivity (Wildman–Crippen MR) is 109 cm³/mol. The third-order valence-electron chi connectivity index (χ3n) is 3.95. The third kappa shape index (κ3) is 6.25. The minimum Gasteiger partial charge on any atom is -0.462 e. The summed E-state index contributed by atoms with van der Waals surface area (Å²) in [5.74, 6) is -0.458. The molecular weight excluding hydrogens is 433 g/mol. The van der Waals surface area contributed by atoms with E-state index in [-0.39, 0.29) is 18.2 Å².